The van der Waals surface area contributed by atoms with Gasteiger partial charge in [0.05, 0.1) is 6.10 Å². The first-order valence-corrected chi connectivity index (χ1v) is 3.80. The van der Waals surface area contributed by atoms with E-state index in [0.29, 0.717) is 13.0 Å². The van der Waals surface area contributed by atoms with Gasteiger partial charge in [0.1, 0.15) is 0 Å². The summed E-state index contributed by atoms with van der Waals surface area (Å²) in [5, 5.41) is 17.5. The van der Waals surface area contributed by atoms with Crippen LogP contribution in [0.1, 0.15) is 25.7 Å². The lowest BCUT2D eigenvalue weighted by atomic mass is 10.1. The van der Waals surface area contributed by atoms with Crippen LogP contribution in [0, 0.1) is 0 Å². The van der Waals surface area contributed by atoms with E-state index in [0.717, 1.165) is 19.3 Å². The molecule has 0 aliphatic heterocycles. The number of unbranched alkanes of at least 4 members (excludes halogenated alkanes) is 1. The van der Waals surface area contributed by atoms with E-state index in [1.165, 1.54) is 0 Å². The first-order chi connectivity index (χ1) is 4.81. The van der Waals surface area contributed by atoms with Crippen LogP contribution in [-0.2, 0) is 0 Å². The average molecular weight is 147 g/mol. The molecule has 0 aliphatic carbocycles. The van der Waals surface area contributed by atoms with Crippen molar-refractivity contribution in [1.82, 2.24) is 0 Å². The Morgan fingerprint density at radius 2 is 1.90 bits per heavy atom. The highest BCUT2D eigenvalue weighted by Gasteiger charge is 2.00. The minimum absolute atomic E-state index is 0.218. The summed E-state index contributed by atoms with van der Waals surface area (Å²) < 4.78 is 0. The maximum Gasteiger partial charge on any atom is 0.0552 e. The predicted molar refractivity (Wildman–Crippen MR) is 40.6 cm³/mol. The monoisotopic (exact) mass is 147 g/mol. The maximum absolute atomic E-state index is 9.11. The van der Waals surface area contributed by atoms with E-state index in [-0.39, 0.29) is 12.7 Å². The molecular formula is C7H17NO2. The Morgan fingerprint density at radius 1 is 1.20 bits per heavy atom. The van der Waals surface area contributed by atoms with E-state index in [2.05, 4.69) is 0 Å². The lowest BCUT2D eigenvalue weighted by molar-refractivity contribution is 0.150. The van der Waals surface area contributed by atoms with Crippen LogP contribution in [0.4, 0.5) is 0 Å². The molecule has 0 rings (SSSR count). The van der Waals surface area contributed by atoms with E-state index in [1.807, 2.05) is 0 Å². The molecule has 0 spiro atoms. The molecule has 0 bridgehead atoms. The highest BCUT2D eigenvalue weighted by molar-refractivity contribution is 4.55. The van der Waals surface area contributed by atoms with E-state index in [4.69, 9.17) is 15.9 Å². The van der Waals surface area contributed by atoms with Crippen LogP contribution in [0.15, 0.2) is 0 Å². The second kappa shape index (κ2) is 6.99. The maximum atomic E-state index is 9.11. The standard InChI is InChI=1S/C7H17NO2/c8-5-4-7(10)3-1-2-6-9/h7,9-10H,1-6,8H2. The molecule has 0 aromatic carbocycles. The molecule has 0 saturated carbocycles. The van der Waals surface area contributed by atoms with Crippen LogP contribution in [0.3, 0.4) is 0 Å². The van der Waals surface area contributed by atoms with Gasteiger partial charge in [0.15, 0.2) is 0 Å². The second-order valence-electron chi connectivity index (χ2n) is 2.45. The lowest BCUT2D eigenvalue weighted by Gasteiger charge is -2.06. The molecule has 0 saturated heterocycles. The summed E-state index contributed by atoms with van der Waals surface area (Å²) in [4.78, 5) is 0. The average Bonchev–Trinajstić information content (AvgIpc) is 1.89. The van der Waals surface area contributed by atoms with Crippen LogP contribution >= 0.6 is 0 Å². The SMILES string of the molecule is NCCC(O)CCCCO. The third kappa shape index (κ3) is 6.01. The van der Waals surface area contributed by atoms with Crippen molar-refractivity contribution >= 4 is 0 Å². The first kappa shape index (κ1) is 9.88. The van der Waals surface area contributed by atoms with Gasteiger partial charge in [0.2, 0.25) is 0 Å². The predicted octanol–water partition coefficient (Wildman–Crippen LogP) is -0.141. The largest absolute Gasteiger partial charge is 0.396 e. The Hall–Kier alpha value is -0.120. The Morgan fingerprint density at radius 3 is 2.40 bits per heavy atom. The summed E-state index contributed by atoms with van der Waals surface area (Å²) in [7, 11) is 0. The van der Waals surface area contributed by atoms with Gasteiger partial charge in [-0.2, -0.15) is 0 Å². The second-order valence-corrected chi connectivity index (χ2v) is 2.45. The highest BCUT2D eigenvalue weighted by Crippen LogP contribution is 2.02. The van der Waals surface area contributed by atoms with Gasteiger partial charge in [-0.25, -0.2) is 0 Å². The number of aliphatic hydroxyl groups is 2. The fourth-order valence-electron chi connectivity index (χ4n) is 0.828. The minimum Gasteiger partial charge on any atom is -0.396 e. The van der Waals surface area contributed by atoms with Gasteiger partial charge in [-0.1, -0.05) is 0 Å². The molecule has 62 valence electrons. The number of hydrogen-bond acceptors (Lipinski definition) is 3. The Bertz CT molecular complexity index is 68.6. The van der Waals surface area contributed by atoms with E-state index < -0.39 is 0 Å². The Balaban J connectivity index is 2.97. The molecule has 0 fully saturated rings. The van der Waals surface area contributed by atoms with Crippen molar-refractivity contribution in [3.8, 4) is 0 Å². The van der Waals surface area contributed by atoms with E-state index in [9.17, 15) is 0 Å². The molecule has 0 aliphatic rings. The summed E-state index contributed by atoms with van der Waals surface area (Å²) in [5.74, 6) is 0. The van der Waals surface area contributed by atoms with Crippen LogP contribution in [-0.4, -0.2) is 29.5 Å². The van der Waals surface area contributed by atoms with Gasteiger partial charge in [-0.3, -0.25) is 0 Å². The summed E-state index contributed by atoms with van der Waals surface area (Å²) in [6.07, 6.45) is 2.83. The minimum atomic E-state index is -0.267. The molecule has 0 heterocycles. The first-order valence-electron chi connectivity index (χ1n) is 3.80. The fourth-order valence-corrected chi connectivity index (χ4v) is 0.828. The molecule has 1 atom stereocenters. The van der Waals surface area contributed by atoms with Crippen molar-refractivity contribution in [2.24, 2.45) is 5.73 Å². The Labute approximate surface area is 61.9 Å². The molecule has 0 aromatic rings. The zero-order chi connectivity index (χ0) is 7.82. The molecule has 1 unspecified atom stereocenters. The van der Waals surface area contributed by atoms with Gasteiger partial charge in [-0.05, 0) is 32.2 Å². The smallest absolute Gasteiger partial charge is 0.0552 e. The van der Waals surface area contributed by atoms with Crippen molar-refractivity contribution in [1.29, 1.82) is 0 Å². The van der Waals surface area contributed by atoms with Crippen molar-refractivity contribution in [3.05, 3.63) is 0 Å². The highest BCUT2D eigenvalue weighted by atomic mass is 16.3. The normalized spacial score (nSPS) is 13.5. The third-order valence-electron chi connectivity index (χ3n) is 1.45. The Kier molecular flexibility index (Phi) is 6.91. The van der Waals surface area contributed by atoms with Gasteiger partial charge >= 0.3 is 0 Å². The van der Waals surface area contributed by atoms with Crippen molar-refractivity contribution in [2.75, 3.05) is 13.2 Å². The summed E-state index contributed by atoms with van der Waals surface area (Å²) in [5.41, 5.74) is 5.22. The molecule has 3 heteroatoms. The molecule has 4 N–H and O–H groups in total. The number of aliphatic hydroxyl groups excluding tert-OH is 2. The summed E-state index contributed by atoms with van der Waals surface area (Å²) in [6, 6.07) is 0. The molecular weight excluding hydrogens is 130 g/mol. The zero-order valence-corrected chi connectivity index (χ0v) is 6.29. The quantitative estimate of drug-likeness (QED) is 0.458. The lowest BCUT2D eigenvalue weighted by Crippen LogP contribution is -2.13. The molecule has 0 radical (unpaired) electrons. The van der Waals surface area contributed by atoms with Crippen LogP contribution in [0.5, 0.6) is 0 Å². The van der Waals surface area contributed by atoms with Crippen molar-refractivity contribution in [2.45, 2.75) is 31.8 Å². The number of rotatable bonds is 6. The van der Waals surface area contributed by atoms with Crippen LogP contribution in [0.25, 0.3) is 0 Å². The van der Waals surface area contributed by atoms with Gasteiger partial charge in [0.25, 0.3) is 0 Å². The molecule has 0 aromatic heterocycles. The molecule has 10 heavy (non-hydrogen) atoms. The topological polar surface area (TPSA) is 66.5 Å². The van der Waals surface area contributed by atoms with Gasteiger partial charge < -0.3 is 15.9 Å². The molecule has 3 nitrogen and oxygen atoms in total. The van der Waals surface area contributed by atoms with Gasteiger partial charge in [0, 0.05) is 6.61 Å². The van der Waals surface area contributed by atoms with E-state index in [1.54, 1.807) is 0 Å². The zero-order valence-electron chi connectivity index (χ0n) is 6.29. The fraction of sp³-hybridized carbons (Fsp3) is 1.00. The third-order valence-corrected chi connectivity index (χ3v) is 1.45. The van der Waals surface area contributed by atoms with Crippen LogP contribution < -0.4 is 5.73 Å². The summed E-state index contributed by atoms with van der Waals surface area (Å²) in [6.45, 7) is 0.760. The summed E-state index contributed by atoms with van der Waals surface area (Å²) >= 11 is 0. The van der Waals surface area contributed by atoms with Crippen LogP contribution in [0.2, 0.25) is 0 Å². The van der Waals surface area contributed by atoms with Crippen molar-refractivity contribution in [3.63, 3.8) is 0 Å². The van der Waals surface area contributed by atoms with Gasteiger partial charge in [-0.15, -0.1) is 0 Å². The van der Waals surface area contributed by atoms with Crippen molar-refractivity contribution < 1.29 is 10.2 Å². The van der Waals surface area contributed by atoms with E-state index >= 15 is 0 Å². The number of nitrogens with two attached hydrogens (primary N) is 1. The molecule has 0 amide bonds. The number of hydrogen-bond donors (Lipinski definition) is 3.